The molecule has 0 aromatic heterocycles. The average molecular weight is 450 g/mol. The SMILES string of the molecule is CC1(C)CC(=O)C2=C(C1)N(c1ccc(F)cc1F)C(N)=C(C#N)C2c1ccc([N+](=O)[O-])cc1. The fourth-order valence-corrected chi connectivity index (χ4v) is 4.57. The number of hydrogen-bond acceptors (Lipinski definition) is 6. The van der Waals surface area contributed by atoms with Crippen LogP contribution in [0, 0.1) is 38.5 Å². The number of ketones is 1. The van der Waals surface area contributed by atoms with Gasteiger partial charge in [0.1, 0.15) is 17.5 Å². The second kappa shape index (κ2) is 7.81. The summed E-state index contributed by atoms with van der Waals surface area (Å²) in [7, 11) is 0. The van der Waals surface area contributed by atoms with Gasteiger partial charge in [-0.1, -0.05) is 26.0 Å². The lowest BCUT2D eigenvalue weighted by atomic mass is 9.68. The number of halogens is 2. The van der Waals surface area contributed by atoms with Crippen LogP contribution in [0.2, 0.25) is 0 Å². The standard InChI is InChI=1S/C24H20F2N4O3/c1-24(2)10-19-22(20(31)11-24)21(13-3-6-15(7-4-13)30(32)33)16(12-27)23(28)29(19)18-8-5-14(25)9-17(18)26/h3-9,21H,10-11,28H2,1-2H3. The lowest BCUT2D eigenvalue weighted by molar-refractivity contribution is -0.384. The minimum Gasteiger partial charge on any atom is -0.384 e. The molecule has 2 N–H and O–H groups in total. The number of nitro groups is 1. The van der Waals surface area contributed by atoms with Crippen LogP contribution in [0.1, 0.15) is 38.2 Å². The molecular weight excluding hydrogens is 430 g/mol. The van der Waals surface area contributed by atoms with E-state index < -0.39 is 27.9 Å². The Balaban J connectivity index is 1.98. The molecular formula is C24H20F2N4O3. The molecule has 0 amide bonds. The minimum atomic E-state index is -0.883. The Morgan fingerprint density at radius 3 is 2.42 bits per heavy atom. The first-order chi connectivity index (χ1) is 15.5. The highest BCUT2D eigenvalue weighted by atomic mass is 19.1. The van der Waals surface area contributed by atoms with Gasteiger partial charge in [-0.15, -0.1) is 0 Å². The minimum absolute atomic E-state index is 0.0133. The van der Waals surface area contributed by atoms with Crippen LogP contribution in [0.3, 0.4) is 0 Å². The van der Waals surface area contributed by atoms with Crippen molar-refractivity contribution in [3.05, 3.63) is 92.4 Å². The highest BCUT2D eigenvalue weighted by molar-refractivity contribution is 6.01. The van der Waals surface area contributed by atoms with E-state index in [1.54, 1.807) is 0 Å². The Bertz CT molecular complexity index is 1290. The van der Waals surface area contributed by atoms with Gasteiger partial charge in [0.05, 0.1) is 28.2 Å². The number of carbonyl (C=O) groups excluding carboxylic acids is 1. The molecule has 1 unspecified atom stereocenters. The van der Waals surface area contributed by atoms with Crippen LogP contribution in [-0.2, 0) is 4.79 Å². The summed E-state index contributed by atoms with van der Waals surface area (Å²) in [4.78, 5) is 25.2. The van der Waals surface area contributed by atoms with E-state index in [-0.39, 0.29) is 40.5 Å². The van der Waals surface area contributed by atoms with E-state index in [0.717, 1.165) is 6.07 Å². The Kier molecular flexibility index (Phi) is 5.24. The third kappa shape index (κ3) is 3.74. The molecule has 2 aliphatic rings. The number of nitro benzene ring substituents is 1. The van der Waals surface area contributed by atoms with Crippen molar-refractivity contribution in [2.45, 2.75) is 32.6 Å². The summed E-state index contributed by atoms with van der Waals surface area (Å²) < 4.78 is 28.4. The highest BCUT2D eigenvalue weighted by Crippen LogP contribution is 2.50. The van der Waals surface area contributed by atoms with Crippen molar-refractivity contribution in [2.24, 2.45) is 11.1 Å². The van der Waals surface area contributed by atoms with E-state index in [1.807, 2.05) is 19.9 Å². The zero-order valence-electron chi connectivity index (χ0n) is 17.9. The number of non-ortho nitro benzene ring substituents is 1. The van der Waals surface area contributed by atoms with Crippen LogP contribution in [0.25, 0.3) is 0 Å². The Morgan fingerprint density at radius 1 is 1.18 bits per heavy atom. The Labute approximate surface area is 188 Å². The van der Waals surface area contributed by atoms with Gasteiger partial charge in [0.25, 0.3) is 5.69 Å². The summed E-state index contributed by atoms with van der Waals surface area (Å²) in [6.45, 7) is 3.79. The molecule has 33 heavy (non-hydrogen) atoms. The zero-order chi connectivity index (χ0) is 24.1. The van der Waals surface area contributed by atoms with Crippen LogP contribution < -0.4 is 10.6 Å². The molecule has 1 aliphatic heterocycles. The van der Waals surface area contributed by atoms with Gasteiger partial charge >= 0.3 is 0 Å². The molecule has 4 rings (SSSR count). The summed E-state index contributed by atoms with van der Waals surface area (Å²) in [5.74, 6) is -2.80. The molecule has 1 atom stereocenters. The van der Waals surface area contributed by atoms with Crippen LogP contribution in [-0.4, -0.2) is 10.7 Å². The topological polar surface area (TPSA) is 113 Å². The third-order valence-corrected chi connectivity index (χ3v) is 5.97. The molecule has 0 saturated carbocycles. The van der Waals surface area contributed by atoms with E-state index in [0.29, 0.717) is 23.7 Å². The summed E-state index contributed by atoms with van der Waals surface area (Å²) in [6, 6.07) is 10.6. The number of rotatable bonds is 3. The molecule has 1 aliphatic carbocycles. The smallest absolute Gasteiger partial charge is 0.269 e. The zero-order valence-corrected chi connectivity index (χ0v) is 17.9. The van der Waals surface area contributed by atoms with E-state index in [2.05, 4.69) is 0 Å². The number of hydrogen-bond donors (Lipinski definition) is 1. The van der Waals surface area contributed by atoms with Gasteiger partial charge in [0.15, 0.2) is 5.78 Å². The van der Waals surface area contributed by atoms with Crippen molar-refractivity contribution in [3.63, 3.8) is 0 Å². The molecule has 0 bridgehead atoms. The van der Waals surface area contributed by atoms with Gasteiger partial charge in [0, 0.05) is 35.9 Å². The number of nitrogens with zero attached hydrogens (tertiary/aromatic N) is 3. The Hall–Kier alpha value is -4.06. The summed E-state index contributed by atoms with van der Waals surface area (Å²) in [5, 5.41) is 21.0. The first kappa shape index (κ1) is 22.1. The summed E-state index contributed by atoms with van der Waals surface area (Å²) >= 11 is 0. The number of anilines is 1. The lowest BCUT2D eigenvalue weighted by Gasteiger charge is -2.43. The fraction of sp³-hybridized carbons (Fsp3) is 0.250. The van der Waals surface area contributed by atoms with E-state index >= 15 is 0 Å². The highest BCUT2D eigenvalue weighted by Gasteiger charge is 2.45. The number of nitriles is 1. The second-order valence-corrected chi connectivity index (χ2v) is 8.92. The molecule has 9 heteroatoms. The quantitative estimate of drug-likeness (QED) is 0.530. The van der Waals surface area contributed by atoms with Gasteiger partial charge in [-0.05, 0) is 29.5 Å². The molecule has 168 valence electrons. The van der Waals surface area contributed by atoms with Crippen molar-refractivity contribution in [1.82, 2.24) is 0 Å². The van der Waals surface area contributed by atoms with Crippen LogP contribution in [0.5, 0.6) is 0 Å². The molecule has 2 aromatic rings. The van der Waals surface area contributed by atoms with Crippen molar-refractivity contribution in [2.75, 3.05) is 4.90 Å². The van der Waals surface area contributed by atoms with Crippen molar-refractivity contribution in [3.8, 4) is 6.07 Å². The van der Waals surface area contributed by atoms with Crippen LogP contribution >= 0.6 is 0 Å². The molecule has 0 radical (unpaired) electrons. The van der Waals surface area contributed by atoms with Crippen molar-refractivity contribution < 1.29 is 18.5 Å². The summed E-state index contributed by atoms with van der Waals surface area (Å²) in [6.07, 6.45) is 0.557. The molecule has 0 saturated heterocycles. The lowest BCUT2D eigenvalue weighted by Crippen LogP contribution is -2.42. The second-order valence-electron chi connectivity index (χ2n) is 8.92. The third-order valence-electron chi connectivity index (χ3n) is 5.97. The predicted molar refractivity (Wildman–Crippen MR) is 117 cm³/mol. The summed E-state index contributed by atoms with van der Waals surface area (Å²) in [5.41, 5.74) is 6.94. The van der Waals surface area contributed by atoms with Gasteiger partial charge in [-0.3, -0.25) is 19.8 Å². The number of benzene rings is 2. The van der Waals surface area contributed by atoms with Crippen molar-refractivity contribution >= 4 is 17.2 Å². The van der Waals surface area contributed by atoms with Gasteiger partial charge in [0.2, 0.25) is 0 Å². The average Bonchev–Trinajstić information content (AvgIpc) is 2.73. The van der Waals surface area contributed by atoms with E-state index in [1.165, 1.54) is 35.2 Å². The van der Waals surface area contributed by atoms with Crippen LogP contribution in [0.4, 0.5) is 20.2 Å². The number of nitrogens with two attached hydrogens (primary N) is 1. The fourth-order valence-electron chi connectivity index (χ4n) is 4.57. The molecule has 0 spiro atoms. The maximum absolute atomic E-state index is 14.8. The predicted octanol–water partition coefficient (Wildman–Crippen LogP) is 4.81. The van der Waals surface area contributed by atoms with E-state index in [4.69, 9.17) is 5.73 Å². The van der Waals surface area contributed by atoms with Gasteiger partial charge in [-0.25, -0.2) is 8.78 Å². The molecule has 1 heterocycles. The molecule has 0 fully saturated rings. The molecule has 7 nitrogen and oxygen atoms in total. The number of carbonyl (C=O) groups is 1. The number of Topliss-reactive ketones (excluding diaryl/α,β-unsaturated/α-hetero) is 1. The van der Waals surface area contributed by atoms with Gasteiger partial charge in [-0.2, -0.15) is 5.26 Å². The van der Waals surface area contributed by atoms with Gasteiger partial charge < -0.3 is 5.73 Å². The van der Waals surface area contributed by atoms with Crippen LogP contribution in [0.15, 0.2) is 65.1 Å². The maximum atomic E-state index is 14.8. The Morgan fingerprint density at radius 2 is 1.85 bits per heavy atom. The normalized spacial score (nSPS) is 19.9. The maximum Gasteiger partial charge on any atom is 0.269 e. The van der Waals surface area contributed by atoms with E-state index in [9.17, 15) is 29.0 Å². The monoisotopic (exact) mass is 450 g/mol. The first-order valence-electron chi connectivity index (χ1n) is 10.2. The number of allylic oxidation sites excluding steroid dienone is 3. The largest absolute Gasteiger partial charge is 0.384 e. The molecule has 2 aromatic carbocycles. The first-order valence-corrected chi connectivity index (χ1v) is 10.2. The van der Waals surface area contributed by atoms with Crippen molar-refractivity contribution in [1.29, 1.82) is 5.26 Å².